The highest BCUT2D eigenvalue weighted by atomic mass is 16.1. The van der Waals surface area contributed by atoms with Crippen molar-refractivity contribution in [1.82, 2.24) is 24.9 Å². The average Bonchev–Trinajstić information content (AvgIpc) is 3.00. The van der Waals surface area contributed by atoms with Gasteiger partial charge in [0.05, 0.1) is 11.9 Å². The first-order valence-electron chi connectivity index (χ1n) is 6.83. The molecule has 7 heteroatoms. The van der Waals surface area contributed by atoms with Crippen molar-refractivity contribution < 1.29 is 4.79 Å². The predicted molar refractivity (Wildman–Crippen MR) is 74.1 cm³/mol. The third-order valence-corrected chi connectivity index (χ3v) is 3.36. The molecule has 0 saturated heterocycles. The van der Waals surface area contributed by atoms with Gasteiger partial charge in [-0.2, -0.15) is 0 Å². The average molecular weight is 274 g/mol. The normalized spacial score (nSPS) is 14.4. The molecule has 7 nitrogen and oxygen atoms in total. The molecule has 3 rings (SSSR count). The van der Waals surface area contributed by atoms with Crippen molar-refractivity contribution in [3.05, 3.63) is 30.4 Å². The molecule has 0 aromatic carbocycles. The highest BCUT2D eigenvalue weighted by molar-refractivity contribution is 5.93. The summed E-state index contributed by atoms with van der Waals surface area (Å²) in [6.07, 6.45) is 8.36. The Morgan fingerprint density at radius 3 is 3.05 bits per heavy atom. The number of carbonyl (C=O) groups is 1. The van der Waals surface area contributed by atoms with Crippen LogP contribution in [0.1, 0.15) is 35.8 Å². The molecule has 2 aromatic rings. The quantitative estimate of drug-likeness (QED) is 0.763. The molecule has 0 atom stereocenters. The molecule has 0 unspecified atom stereocenters. The van der Waals surface area contributed by atoms with Crippen molar-refractivity contribution in [3.8, 4) is 0 Å². The van der Waals surface area contributed by atoms with Gasteiger partial charge in [0.15, 0.2) is 0 Å². The van der Waals surface area contributed by atoms with Crippen molar-refractivity contribution in [2.45, 2.75) is 31.8 Å². The van der Waals surface area contributed by atoms with Gasteiger partial charge in [-0.3, -0.25) is 9.48 Å². The third kappa shape index (κ3) is 2.81. The summed E-state index contributed by atoms with van der Waals surface area (Å²) in [6.45, 7) is 1.35. The van der Waals surface area contributed by atoms with Crippen LogP contribution in [0.4, 0.5) is 5.69 Å². The number of hydrogen-bond acceptors (Lipinski definition) is 4. The van der Waals surface area contributed by atoms with Gasteiger partial charge >= 0.3 is 0 Å². The van der Waals surface area contributed by atoms with Crippen LogP contribution in [-0.4, -0.2) is 32.0 Å². The smallest absolute Gasteiger partial charge is 0.267 e. The minimum Gasteiger partial charge on any atom is -0.397 e. The van der Waals surface area contributed by atoms with E-state index in [-0.39, 0.29) is 5.91 Å². The maximum atomic E-state index is 12.2. The summed E-state index contributed by atoms with van der Waals surface area (Å²) < 4.78 is 3.74. The second kappa shape index (κ2) is 5.36. The van der Waals surface area contributed by atoms with Crippen LogP contribution in [0.15, 0.2) is 24.7 Å². The summed E-state index contributed by atoms with van der Waals surface area (Å²) >= 11 is 0. The number of nitrogens with two attached hydrogens (primary N) is 1. The number of carbonyl (C=O) groups excluding carboxylic acids is 1. The van der Waals surface area contributed by atoms with Crippen molar-refractivity contribution >= 4 is 11.6 Å². The second-order valence-electron chi connectivity index (χ2n) is 5.07. The lowest BCUT2D eigenvalue weighted by Gasteiger charge is -2.08. The van der Waals surface area contributed by atoms with Crippen LogP contribution >= 0.6 is 0 Å². The van der Waals surface area contributed by atoms with Gasteiger partial charge in [-0.25, -0.2) is 0 Å². The zero-order valence-corrected chi connectivity index (χ0v) is 11.2. The van der Waals surface area contributed by atoms with E-state index in [1.807, 2.05) is 10.8 Å². The number of nitrogens with zero attached hydrogens (tertiary/aromatic N) is 4. The molecule has 0 radical (unpaired) electrons. The maximum absolute atomic E-state index is 12.2. The van der Waals surface area contributed by atoms with Gasteiger partial charge in [0, 0.05) is 31.5 Å². The Labute approximate surface area is 116 Å². The Morgan fingerprint density at radius 2 is 2.35 bits per heavy atom. The van der Waals surface area contributed by atoms with E-state index in [9.17, 15) is 4.79 Å². The van der Waals surface area contributed by atoms with Gasteiger partial charge in [-0.05, 0) is 25.3 Å². The number of aromatic nitrogens is 4. The van der Waals surface area contributed by atoms with Crippen LogP contribution in [0.5, 0.6) is 0 Å². The summed E-state index contributed by atoms with van der Waals surface area (Å²) in [5.41, 5.74) is 7.08. The van der Waals surface area contributed by atoms with E-state index in [2.05, 4.69) is 15.6 Å². The minimum absolute atomic E-state index is 0.0628. The lowest BCUT2D eigenvalue weighted by Crippen LogP contribution is -2.27. The van der Waals surface area contributed by atoms with Gasteiger partial charge in [0.2, 0.25) is 0 Å². The molecule has 0 spiro atoms. The van der Waals surface area contributed by atoms with Gasteiger partial charge in [-0.15, -0.1) is 5.10 Å². The van der Waals surface area contributed by atoms with Crippen molar-refractivity contribution in [2.75, 3.05) is 12.3 Å². The molecule has 1 saturated carbocycles. The number of nitrogen functional groups attached to an aromatic ring is 1. The van der Waals surface area contributed by atoms with Crippen LogP contribution in [0.25, 0.3) is 0 Å². The molecule has 1 amide bonds. The summed E-state index contributed by atoms with van der Waals surface area (Å²) in [4.78, 5) is 12.2. The number of rotatable bonds is 6. The minimum atomic E-state index is -0.0628. The van der Waals surface area contributed by atoms with Crippen molar-refractivity contribution in [1.29, 1.82) is 0 Å². The summed E-state index contributed by atoms with van der Waals surface area (Å²) in [5, 5.41) is 10.5. The molecule has 106 valence electrons. The molecule has 1 aliphatic rings. The third-order valence-electron chi connectivity index (χ3n) is 3.36. The number of aryl methyl sites for hydroxylation is 1. The lowest BCUT2D eigenvalue weighted by molar-refractivity contribution is 0.0943. The van der Waals surface area contributed by atoms with E-state index < -0.39 is 0 Å². The lowest BCUT2D eigenvalue weighted by atomic mass is 10.3. The molecule has 2 aromatic heterocycles. The molecule has 1 fully saturated rings. The highest BCUT2D eigenvalue weighted by Gasteiger charge is 2.27. The largest absolute Gasteiger partial charge is 0.397 e. The van der Waals surface area contributed by atoms with E-state index in [1.54, 1.807) is 23.1 Å². The molecule has 3 N–H and O–H groups in total. The first kappa shape index (κ1) is 12.7. The first-order valence-corrected chi connectivity index (χ1v) is 6.83. The zero-order chi connectivity index (χ0) is 13.9. The molecule has 20 heavy (non-hydrogen) atoms. The van der Waals surface area contributed by atoms with Crippen molar-refractivity contribution in [3.63, 3.8) is 0 Å². The van der Waals surface area contributed by atoms with E-state index in [1.165, 1.54) is 0 Å². The fourth-order valence-electron chi connectivity index (χ4n) is 2.22. The predicted octanol–water partition coefficient (Wildman–Crippen LogP) is 0.817. The molecule has 2 heterocycles. The summed E-state index contributed by atoms with van der Waals surface area (Å²) in [6, 6.07) is 2.19. The standard InChI is InChI=1S/C13H18N6O/c14-10-8-12(19(9-10)11-2-3-11)13(20)15-4-1-6-18-7-5-16-17-18/h5,7-9,11H,1-4,6,14H2,(H,15,20). The fraction of sp³-hybridized carbons (Fsp3) is 0.462. The van der Waals surface area contributed by atoms with Crippen LogP contribution < -0.4 is 11.1 Å². The van der Waals surface area contributed by atoms with Crippen molar-refractivity contribution in [2.24, 2.45) is 0 Å². The van der Waals surface area contributed by atoms with Crippen LogP contribution in [0, 0.1) is 0 Å². The molecule has 0 aliphatic heterocycles. The van der Waals surface area contributed by atoms with E-state index >= 15 is 0 Å². The molecule has 0 bridgehead atoms. The number of nitrogens with one attached hydrogen (secondary N) is 1. The van der Waals surface area contributed by atoms with Gasteiger partial charge < -0.3 is 15.6 Å². The second-order valence-corrected chi connectivity index (χ2v) is 5.07. The Hall–Kier alpha value is -2.31. The highest BCUT2D eigenvalue weighted by Crippen LogP contribution is 2.37. The van der Waals surface area contributed by atoms with E-state index in [4.69, 9.17) is 5.73 Å². The van der Waals surface area contributed by atoms with Gasteiger partial charge in [-0.1, -0.05) is 5.21 Å². The maximum Gasteiger partial charge on any atom is 0.267 e. The number of anilines is 1. The topological polar surface area (TPSA) is 90.8 Å². The summed E-state index contributed by atoms with van der Waals surface area (Å²) in [5.74, 6) is -0.0628. The molecule has 1 aliphatic carbocycles. The Morgan fingerprint density at radius 1 is 1.50 bits per heavy atom. The monoisotopic (exact) mass is 274 g/mol. The van der Waals surface area contributed by atoms with E-state index in [0.29, 0.717) is 24.0 Å². The van der Waals surface area contributed by atoms with Crippen LogP contribution in [0.3, 0.4) is 0 Å². The fourth-order valence-corrected chi connectivity index (χ4v) is 2.22. The zero-order valence-electron chi connectivity index (χ0n) is 11.2. The number of amides is 1. The first-order chi connectivity index (χ1) is 9.74. The van der Waals surface area contributed by atoms with Gasteiger partial charge in [0.1, 0.15) is 5.69 Å². The van der Waals surface area contributed by atoms with E-state index in [0.717, 1.165) is 25.8 Å². The SMILES string of the molecule is Nc1cc(C(=O)NCCCn2ccnn2)n(C2CC2)c1. The molecular formula is C13H18N6O. The van der Waals surface area contributed by atoms with Crippen LogP contribution in [-0.2, 0) is 6.54 Å². The Kier molecular flexibility index (Phi) is 3.41. The van der Waals surface area contributed by atoms with Crippen LogP contribution in [0.2, 0.25) is 0 Å². The van der Waals surface area contributed by atoms with Gasteiger partial charge in [0.25, 0.3) is 5.91 Å². The summed E-state index contributed by atoms with van der Waals surface area (Å²) in [7, 11) is 0. The molecular weight excluding hydrogens is 256 g/mol. The number of hydrogen-bond donors (Lipinski definition) is 2. The Bertz CT molecular complexity index is 584. The Balaban J connectivity index is 1.51.